The van der Waals surface area contributed by atoms with Crippen molar-refractivity contribution in [2.24, 2.45) is 0 Å². The van der Waals surface area contributed by atoms with Crippen molar-refractivity contribution in [1.82, 2.24) is 4.98 Å². The van der Waals surface area contributed by atoms with Gasteiger partial charge in [0, 0.05) is 5.56 Å². The minimum atomic E-state index is -2.74. The van der Waals surface area contributed by atoms with Crippen LogP contribution in [0.4, 0.5) is 14.5 Å². The normalized spacial score (nSPS) is 10.6. The van der Waals surface area contributed by atoms with E-state index >= 15 is 0 Å². The molecule has 0 amide bonds. The van der Waals surface area contributed by atoms with Crippen LogP contribution in [0.3, 0.4) is 0 Å². The number of carbonyl (C=O) groups is 1. The van der Waals surface area contributed by atoms with E-state index in [0.29, 0.717) is 0 Å². The summed E-state index contributed by atoms with van der Waals surface area (Å²) >= 11 is 5.46. The molecule has 0 aliphatic carbocycles. The Bertz CT molecular complexity index is 413. The highest BCUT2D eigenvalue weighted by molar-refractivity contribution is 6.17. The molecule has 1 aromatic rings. The number of anilines is 1. The smallest absolute Gasteiger partial charge is 0.358 e. The van der Waals surface area contributed by atoms with Crippen molar-refractivity contribution in [2.45, 2.75) is 12.3 Å². The molecule has 0 aliphatic heterocycles. The van der Waals surface area contributed by atoms with E-state index in [1.165, 1.54) is 0 Å². The Morgan fingerprint density at radius 2 is 2.31 bits per heavy atom. The molecule has 0 bridgehead atoms. The topological polar surface area (TPSA) is 65.2 Å². The number of hydrogen-bond donors (Lipinski definition) is 1. The number of pyridine rings is 1. The molecule has 0 saturated heterocycles. The second-order valence-corrected chi connectivity index (χ2v) is 3.16. The van der Waals surface area contributed by atoms with E-state index in [9.17, 15) is 13.6 Å². The fourth-order valence-corrected chi connectivity index (χ4v) is 1.35. The number of aromatic nitrogens is 1. The van der Waals surface area contributed by atoms with Crippen molar-refractivity contribution in [1.29, 1.82) is 0 Å². The number of carbonyl (C=O) groups excluding carboxylic acids is 1. The number of esters is 1. The lowest BCUT2D eigenvalue weighted by atomic mass is 10.1. The fraction of sp³-hybridized carbons (Fsp3) is 0.333. The van der Waals surface area contributed by atoms with E-state index in [4.69, 9.17) is 17.3 Å². The van der Waals surface area contributed by atoms with Crippen molar-refractivity contribution in [2.75, 3.05) is 12.8 Å². The Morgan fingerprint density at radius 3 is 2.75 bits per heavy atom. The summed E-state index contributed by atoms with van der Waals surface area (Å²) in [7, 11) is 1.14. The highest BCUT2D eigenvalue weighted by Crippen LogP contribution is 2.26. The molecule has 16 heavy (non-hydrogen) atoms. The van der Waals surface area contributed by atoms with E-state index in [1.807, 2.05) is 0 Å². The summed E-state index contributed by atoms with van der Waals surface area (Å²) in [6, 6.07) is 0.988. The maximum atomic E-state index is 12.5. The van der Waals surface area contributed by atoms with Gasteiger partial charge in [0.2, 0.25) is 0 Å². The third-order valence-electron chi connectivity index (χ3n) is 1.90. The Hall–Kier alpha value is -1.43. The van der Waals surface area contributed by atoms with E-state index in [2.05, 4.69) is 9.72 Å². The van der Waals surface area contributed by atoms with Crippen molar-refractivity contribution >= 4 is 23.3 Å². The first-order chi connectivity index (χ1) is 7.51. The third-order valence-corrected chi connectivity index (χ3v) is 2.16. The molecule has 4 nitrogen and oxygen atoms in total. The lowest BCUT2D eigenvalue weighted by Crippen LogP contribution is -2.12. The quantitative estimate of drug-likeness (QED) is 0.659. The van der Waals surface area contributed by atoms with Crippen LogP contribution in [0.1, 0.15) is 28.2 Å². The average molecular weight is 251 g/mol. The molecule has 0 unspecified atom stereocenters. The minimum absolute atomic E-state index is 0.0775. The Balaban J connectivity index is 3.31. The number of hydrogen-bond acceptors (Lipinski definition) is 4. The van der Waals surface area contributed by atoms with Crippen LogP contribution in [0.15, 0.2) is 6.07 Å². The maximum Gasteiger partial charge on any atom is 0.358 e. The highest BCUT2D eigenvalue weighted by atomic mass is 35.5. The zero-order valence-electron chi connectivity index (χ0n) is 8.34. The molecular formula is C9H9ClF2N2O2. The molecule has 7 heteroatoms. The molecule has 1 heterocycles. The van der Waals surface area contributed by atoms with Gasteiger partial charge in [0.15, 0.2) is 5.69 Å². The van der Waals surface area contributed by atoms with E-state index in [-0.39, 0.29) is 28.5 Å². The molecular weight excluding hydrogens is 242 g/mol. The number of methoxy groups -OCH3 is 1. The third kappa shape index (κ3) is 2.38. The van der Waals surface area contributed by atoms with Gasteiger partial charge in [-0.2, -0.15) is 0 Å². The van der Waals surface area contributed by atoms with Gasteiger partial charge in [-0.25, -0.2) is 18.6 Å². The van der Waals surface area contributed by atoms with Crippen LogP contribution in [-0.4, -0.2) is 18.1 Å². The summed E-state index contributed by atoms with van der Waals surface area (Å²) < 4.78 is 29.5. The summed E-state index contributed by atoms with van der Waals surface area (Å²) in [5.41, 5.74) is 4.60. The highest BCUT2D eigenvalue weighted by Gasteiger charge is 2.20. The molecule has 0 aromatic carbocycles. The molecule has 0 spiro atoms. The maximum absolute atomic E-state index is 12.5. The van der Waals surface area contributed by atoms with Gasteiger partial charge in [-0.05, 0) is 6.07 Å². The van der Waals surface area contributed by atoms with Crippen molar-refractivity contribution in [3.63, 3.8) is 0 Å². The average Bonchev–Trinajstić information content (AvgIpc) is 2.27. The van der Waals surface area contributed by atoms with Crippen LogP contribution >= 0.6 is 11.6 Å². The lowest BCUT2D eigenvalue weighted by molar-refractivity contribution is 0.0594. The SMILES string of the molecule is COC(=O)c1nc(CCl)c(C(F)F)cc1N. The summed E-state index contributed by atoms with van der Waals surface area (Å²) in [6.07, 6.45) is -2.74. The largest absolute Gasteiger partial charge is 0.464 e. The number of nitrogens with zero attached hydrogens (tertiary/aromatic N) is 1. The molecule has 0 aliphatic rings. The van der Waals surface area contributed by atoms with Gasteiger partial charge in [-0.1, -0.05) is 0 Å². The Morgan fingerprint density at radius 1 is 1.69 bits per heavy atom. The van der Waals surface area contributed by atoms with Crippen molar-refractivity contribution in [3.05, 3.63) is 23.0 Å². The zero-order chi connectivity index (χ0) is 12.3. The predicted molar refractivity (Wildman–Crippen MR) is 54.5 cm³/mol. The molecule has 2 N–H and O–H groups in total. The van der Waals surface area contributed by atoms with Gasteiger partial charge in [0.25, 0.3) is 6.43 Å². The first-order valence-electron chi connectivity index (χ1n) is 4.23. The molecule has 1 rings (SSSR count). The Kier molecular flexibility index (Phi) is 4.00. The Labute approximate surface area is 95.4 Å². The van der Waals surface area contributed by atoms with Gasteiger partial charge in [-0.3, -0.25) is 0 Å². The summed E-state index contributed by atoms with van der Waals surface area (Å²) in [5, 5.41) is 0. The van der Waals surface area contributed by atoms with Gasteiger partial charge in [0.1, 0.15) is 0 Å². The minimum Gasteiger partial charge on any atom is -0.464 e. The molecule has 88 valence electrons. The van der Waals surface area contributed by atoms with Crippen LogP contribution in [0.5, 0.6) is 0 Å². The van der Waals surface area contributed by atoms with Crippen molar-refractivity contribution < 1.29 is 18.3 Å². The number of rotatable bonds is 3. The zero-order valence-corrected chi connectivity index (χ0v) is 9.09. The number of ether oxygens (including phenoxy) is 1. The number of nitrogen functional groups attached to an aromatic ring is 1. The van der Waals surface area contributed by atoms with Crippen LogP contribution in [0.25, 0.3) is 0 Å². The molecule has 0 atom stereocenters. The standard InChI is InChI=1S/C9H9ClF2N2O2/c1-16-9(15)7-5(13)2-4(8(11)12)6(3-10)14-7/h2,8H,3,13H2,1H3. The number of nitrogens with two attached hydrogens (primary N) is 1. The van der Waals surface area contributed by atoms with Crippen LogP contribution in [0.2, 0.25) is 0 Å². The fourth-order valence-electron chi connectivity index (χ4n) is 1.14. The molecule has 1 aromatic heterocycles. The van der Waals surface area contributed by atoms with E-state index < -0.39 is 12.4 Å². The molecule has 0 radical (unpaired) electrons. The summed E-state index contributed by atoms with van der Waals surface area (Å²) in [6.45, 7) is 0. The monoisotopic (exact) mass is 250 g/mol. The van der Waals surface area contributed by atoms with Gasteiger partial charge >= 0.3 is 5.97 Å². The second kappa shape index (κ2) is 5.07. The predicted octanol–water partition coefficient (Wildman–Crippen LogP) is 2.13. The first kappa shape index (κ1) is 12.6. The lowest BCUT2D eigenvalue weighted by Gasteiger charge is -2.09. The molecule has 0 saturated carbocycles. The summed E-state index contributed by atoms with van der Waals surface area (Å²) in [5.74, 6) is -1.02. The van der Waals surface area contributed by atoms with Gasteiger partial charge < -0.3 is 10.5 Å². The van der Waals surface area contributed by atoms with E-state index in [0.717, 1.165) is 13.2 Å². The van der Waals surface area contributed by atoms with Crippen molar-refractivity contribution in [3.8, 4) is 0 Å². The number of halogens is 3. The molecule has 0 fully saturated rings. The van der Waals surface area contributed by atoms with Crippen LogP contribution < -0.4 is 5.73 Å². The number of alkyl halides is 3. The van der Waals surface area contributed by atoms with Gasteiger partial charge in [-0.15, -0.1) is 11.6 Å². The van der Waals surface area contributed by atoms with Gasteiger partial charge in [0.05, 0.1) is 24.4 Å². The first-order valence-corrected chi connectivity index (χ1v) is 4.76. The van der Waals surface area contributed by atoms with E-state index in [1.54, 1.807) is 0 Å². The van der Waals surface area contributed by atoms with Crippen LogP contribution in [-0.2, 0) is 10.6 Å². The summed E-state index contributed by atoms with van der Waals surface area (Å²) in [4.78, 5) is 14.9. The second-order valence-electron chi connectivity index (χ2n) is 2.89. The van der Waals surface area contributed by atoms with Crippen LogP contribution in [0, 0.1) is 0 Å².